The highest BCUT2D eigenvalue weighted by molar-refractivity contribution is 7.25. The van der Waals surface area contributed by atoms with Crippen LogP contribution in [0.3, 0.4) is 0 Å². The molecule has 0 fully saturated rings. The van der Waals surface area contributed by atoms with Crippen molar-refractivity contribution < 1.29 is 4.42 Å². The molecule has 14 heteroatoms. The quantitative estimate of drug-likeness (QED) is 0.126. The number of aromatic nitrogens is 12. The highest BCUT2D eigenvalue weighted by Gasteiger charge is 2.28. The maximum atomic E-state index is 6.11. The van der Waals surface area contributed by atoms with E-state index in [1.807, 2.05) is 79.1 Å². The molecule has 140 heavy (non-hydrogen) atoms. The van der Waals surface area contributed by atoms with E-state index in [9.17, 15) is 0 Å². The van der Waals surface area contributed by atoms with Crippen LogP contribution in [-0.2, 0) is 0 Å². The van der Waals surface area contributed by atoms with Crippen molar-refractivity contribution in [2.24, 2.45) is 0 Å². The van der Waals surface area contributed by atoms with E-state index in [1.165, 1.54) is 125 Å². The van der Waals surface area contributed by atoms with E-state index in [0.29, 0.717) is 17.5 Å². The van der Waals surface area contributed by atoms with Gasteiger partial charge in [-0.1, -0.05) is 255 Å². The van der Waals surface area contributed by atoms with E-state index in [0.717, 1.165) is 122 Å². The molecule has 30 aromatic rings. The number of furan rings is 1. The molecule has 0 saturated carbocycles. The topological polar surface area (TPSA) is 120 Å². The summed E-state index contributed by atoms with van der Waals surface area (Å²) in [6, 6.07) is 161. The lowest BCUT2D eigenvalue weighted by atomic mass is 9.99. The number of fused-ring (bicyclic) bond motifs is 27. The van der Waals surface area contributed by atoms with Crippen molar-refractivity contribution in [3.63, 3.8) is 0 Å². The number of rotatable bonds is 11. The number of hydrogen-bond acceptors (Lipinski definition) is 8. The second-order valence-electron chi connectivity index (χ2n) is 35.6. The van der Waals surface area contributed by atoms with Crippen molar-refractivity contribution in [2.45, 2.75) is 0 Å². The Labute approximate surface area is 804 Å². The van der Waals surface area contributed by atoms with Gasteiger partial charge in [0.15, 0.2) is 23.3 Å². The fourth-order valence-electron chi connectivity index (χ4n) is 21.7. The molecule has 0 aliphatic heterocycles. The van der Waals surface area contributed by atoms with Gasteiger partial charge in [0.05, 0.1) is 66.2 Å². The van der Waals surface area contributed by atoms with Crippen molar-refractivity contribution in [3.8, 4) is 90.8 Å². The minimum atomic E-state index is 0.638. The molecule has 0 atom stereocenters. The molecule has 0 radical (unpaired) electrons. The molecule has 0 amide bonds. The Morgan fingerprint density at radius 1 is 0.186 bits per heavy atom. The SMILES string of the molecule is c1ccc(-c2nc(-c3ccccc3)nc(-c3ccc4c(c3)c3c5c6ccccc6n(-c6ccccc6)c5ccc3n4-c3ccccc3)n2)cc1.c1ccc(-n2c3ccccc3c3c4c5cc(-c6ccc7oc8ccncc8c7c6)ccc5n(-c5ccccc5)c4ccc32)cc1.c1ccc(-n2c3ccccc3c3c4c5cc(-c6ncc7c(n6)sc6ccccc67)ccc5n(-c5ccccc5)c4ccc32)cc1. The zero-order valence-electron chi connectivity index (χ0n) is 75.2. The molecule has 0 bridgehead atoms. The van der Waals surface area contributed by atoms with Crippen LogP contribution in [-0.4, -0.2) is 57.3 Å². The van der Waals surface area contributed by atoms with Crippen LogP contribution >= 0.6 is 11.3 Å². The fraction of sp³-hybridized carbons (Fsp3) is 0. The first-order valence-corrected chi connectivity index (χ1v) is 47.9. The molecule has 11 heterocycles. The molecule has 0 N–H and O–H groups in total. The molecular formula is C126H78N12OS. The van der Waals surface area contributed by atoms with E-state index in [-0.39, 0.29) is 0 Å². The number of hydrogen-bond donors (Lipinski definition) is 0. The third kappa shape index (κ3) is 12.8. The molecule has 0 unspecified atom stereocenters. The highest BCUT2D eigenvalue weighted by atomic mass is 32.1. The third-order valence-corrected chi connectivity index (χ3v) is 28.8. The number of pyridine rings is 1. The minimum Gasteiger partial charge on any atom is -0.456 e. The third-order valence-electron chi connectivity index (χ3n) is 27.7. The summed E-state index contributed by atoms with van der Waals surface area (Å²) in [7, 11) is 0. The fourth-order valence-corrected chi connectivity index (χ4v) is 22.7. The van der Waals surface area contributed by atoms with Gasteiger partial charge in [-0.3, -0.25) is 4.98 Å². The van der Waals surface area contributed by atoms with Crippen molar-refractivity contribution in [3.05, 3.63) is 474 Å². The van der Waals surface area contributed by atoms with Crippen LogP contribution in [0.25, 0.3) is 264 Å². The molecule has 0 saturated heterocycles. The lowest BCUT2D eigenvalue weighted by Gasteiger charge is -2.10. The molecule has 0 spiro atoms. The number of benzene rings is 19. The van der Waals surface area contributed by atoms with Gasteiger partial charge in [0, 0.05) is 166 Å². The van der Waals surface area contributed by atoms with Crippen LogP contribution in [0.2, 0.25) is 0 Å². The van der Waals surface area contributed by atoms with Gasteiger partial charge in [0.25, 0.3) is 0 Å². The lowest BCUT2D eigenvalue weighted by molar-refractivity contribution is 0.668. The summed E-state index contributed by atoms with van der Waals surface area (Å²) in [5, 5.41) is 19.1. The molecule has 13 nitrogen and oxygen atoms in total. The van der Waals surface area contributed by atoms with E-state index in [4.69, 9.17) is 29.3 Å². The van der Waals surface area contributed by atoms with E-state index < -0.39 is 0 Å². The zero-order chi connectivity index (χ0) is 92.0. The number of para-hydroxylation sites is 9. The Balaban J connectivity index is 0.000000103. The summed E-state index contributed by atoms with van der Waals surface area (Å²) >= 11 is 1.72. The maximum Gasteiger partial charge on any atom is 0.164 e. The standard InChI is InChI=1S/C45H29N5.C41H25N3O.C40H24N4S/c1-5-15-30(16-6-1)43-46-44(31-17-7-2-8-18-31)48-45(47-43)32-25-26-38-36(29-32)42-40(50(38)34-21-11-4-12-22-34)28-27-39-41(42)35-23-13-14-24-37(35)49(39)33-19-9-3-10-20-33;1-3-9-28(10-4-1)43-34-14-8-7-13-30(34)40-36(43)18-19-37-41(40)32-24-26(15-17-35(32)44(37)29-11-5-2-6-12-29)27-16-20-38-31(23-27)33-25-42-22-21-39(33)45-38;1-3-11-26(12-4-1)43-32-17-9-7-16-29(32)37-34(43)21-22-35-38(37)30-23-25(19-20-33(30)44(35)27-13-5-2-6-14-27)39-41-24-31-28-15-8-10-18-36(28)45-40(31)42-39/h1-29H;1-25H;1-24H. The van der Waals surface area contributed by atoms with Gasteiger partial charge in [0.1, 0.15) is 16.0 Å². The predicted octanol–water partition coefficient (Wildman–Crippen LogP) is 32.6. The Hall–Kier alpha value is -18.8. The second-order valence-corrected chi connectivity index (χ2v) is 36.6. The molecule has 19 aromatic carbocycles. The maximum absolute atomic E-state index is 6.11. The normalized spacial score (nSPS) is 11.9. The summed E-state index contributed by atoms with van der Waals surface area (Å²) in [6.07, 6.45) is 5.65. The van der Waals surface area contributed by atoms with Gasteiger partial charge in [-0.25, -0.2) is 24.9 Å². The van der Waals surface area contributed by atoms with Crippen LogP contribution in [0.15, 0.2) is 478 Å². The molecule has 30 rings (SSSR count). The van der Waals surface area contributed by atoms with Crippen molar-refractivity contribution >= 4 is 184 Å². The van der Waals surface area contributed by atoms with Crippen molar-refractivity contribution in [1.82, 2.24) is 57.3 Å². The van der Waals surface area contributed by atoms with Gasteiger partial charge in [-0.15, -0.1) is 11.3 Å². The summed E-state index contributed by atoms with van der Waals surface area (Å²) < 4.78 is 21.7. The average molecular weight is 1810 g/mol. The molecular weight excluding hydrogens is 1730 g/mol. The van der Waals surface area contributed by atoms with Crippen LogP contribution < -0.4 is 0 Å². The number of thiophene rings is 1. The number of nitrogens with zero attached hydrogens (tertiary/aromatic N) is 12. The van der Waals surface area contributed by atoms with E-state index in [2.05, 4.69) is 421 Å². The van der Waals surface area contributed by atoms with E-state index in [1.54, 1.807) is 17.5 Å². The summed E-state index contributed by atoms with van der Waals surface area (Å²) in [4.78, 5) is 30.4. The summed E-state index contributed by atoms with van der Waals surface area (Å²) in [6.45, 7) is 0. The smallest absolute Gasteiger partial charge is 0.164 e. The zero-order valence-corrected chi connectivity index (χ0v) is 76.0. The Bertz CT molecular complexity index is 10100. The Morgan fingerprint density at radius 2 is 0.471 bits per heavy atom. The lowest BCUT2D eigenvalue weighted by Crippen LogP contribution is -2.00. The Kier molecular flexibility index (Phi) is 18.5. The largest absolute Gasteiger partial charge is 0.456 e. The van der Waals surface area contributed by atoms with Crippen molar-refractivity contribution in [1.29, 1.82) is 0 Å². The van der Waals surface area contributed by atoms with Crippen molar-refractivity contribution in [2.75, 3.05) is 0 Å². The highest BCUT2D eigenvalue weighted by Crippen LogP contribution is 2.49. The molecule has 654 valence electrons. The van der Waals surface area contributed by atoms with Crippen LogP contribution in [0.1, 0.15) is 0 Å². The molecule has 11 aromatic heterocycles. The molecule has 0 aliphatic rings. The average Bonchev–Trinajstić information content (AvgIpc) is 1.55. The van der Waals surface area contributed by atoms with Crippen LogP contribution in [0.5, 0.6) is 0 Å². The minimum absolute atomic E-state index is 0.638. The van der Waals surface area contributed by atoms with E-state index >= 15 is 0 Å². The first-order chi connectivity index (χ1) is 69.5. The summed E-state index contributed by atoms with van der Waals surface area (Å²) in [5.74, 6) is 2.68. The van der Waals surface area contributed by atoms with Crippen LogP contribution in [0, 0.1) is 0 Å². The monoisotopic (exact) mass is 1810 g/mol. The Morgan fingerprint density at radius 3 is 0.864 bits per heavy atom. The molecule has 0 aliphatic carbocycles. The first kappa shape index (κ1) is 79.8. The second kappa shape index (κ2) is 32.5. The predicted molar refractivity (Wildman–Crippen MR) is 579 cm³/mol. The van der Waals surface area contributed by atoms with Gasteiger partial charge < -0.3 is 31.8 Å². The first-order valence-electron chi connectivity index (χ1n) is 47.1. The van der Waals surface area contributed by atoms with Crippen LogP contribution in [0.4, 0.5) is 0 Å². The van der Waals surface area contributed by atoms with Gasteiger partial charge >= 0.3 is 0 Å². The van der Waals surface area contributed by atoms with Gasteiger partial charge in [-0.2, -0.15) is 0 Å². The van der Waals surface area contributed by atoms with Gasteiger partial charge in [0.2, 0.25) is 0 Å². The van der Waals surface area contributed by atoms with Gasteiger partial charge in [-0.05, 0) is 211 Å². The summed E-state index contributed by atoms with van der Waals surface area (Å²) in [5.41, 5.74) is 28.9.